The number of ether oxygens (including phenoxy) is 1. The second kappa shape index (κ2) is 8.88. The Morgan fingerprint density at radius 2 is 1.95 bits per heavy atom. The van der Waals surface area contributed by atoms with Crippen LogP contribution in [0.15, 0.2) is 16.9 Å². The topological polar surface area (TPSA) is 113 Å². The summed E-state index contributed by atoms with van der Waals surface area (Å²) in [7, 11) is 2.77. The molecule has 4 N–H and O–H groups in total. The average molecular weight is 534 g/mol. The number of benzene rings is 1. The normalized spacial score (nSPS) is 19.1. The van der Waals surface area contributed by atoms with Crippen molar-refractivity contribution in [3.63, 3.8) is 0 Å². The van der Waals surface area contributed by atoms with Crippen molar-refractivity contribution >= 4 is 28.8 Å². The van der Waals surface area contributed by atoms with Gasteiger partial charge in [0.25, 0.3) is 5.56 Å². The van der Waals surface area contributed by atoms with E-state index >= 15 is 8.78 Å². The molecule has 0 saturated carbocycles. The Bertz CT molecular complexity index is 1480. The number of hydrogen-bond donors (Lipinski definition) is 3. The standard InChI is InChI=1S/C25H26F3N5O3S/c1-25(2,29)10-5-6-33(9-10)19-13(27)7-11-15(21(19)36-4)16(22-17(20(11)34)24(35)32-37-22)18-12(26)8-14(28)23(30-3)31-18/h7-8,10,16H,5-6,9,29H2,1-4H3,(H,30,31)(H,32,35)/t10-,16?/m1/s1. The number of nitrogens with one attached hydrogen (secondary N) is 2. The smallest absolute Gasteiger partial charge is 0.269 e. The van der Waals surface area contributed by atoms with E-state index in [0.717, 1.165) is 24.0 Å². The fraction of sp³-hybridized carbons (Fsp3) is 0.400. The van der Waals surface area contributed by atoms with E-state index in [2.05, 4.69) is 14.7 Å². The van der Waals surface area contributed by atoms with Gasteiger partial charge in [0.1, 0.15) is 22.8 Å². The van der Waals surface area contributed by atoms with E-state index in [1.807, 2.05) is 13.8 Å². The molecule has 2 atom stereocenters. The number of halogens is 3. The summed E-state index contributed by atoms with van der Waals surface area (Å²) >= 11 is 0.855. The maximum Gasteiger partial charge on any atom is 0.269 e. The number of pyridine rings is 1. The Kier molecular flexibility index (Phi) is 6.06. The predicted octanol–water partition coefficient (Wildman–Crippen LogP) is 3.59. The van der Waals surface area contributed by atoms with E-state index in [-0.39, 0.29) is 50.4 Å². The highest BCUT2D eigenvalue weighted by Gasteiger charge is 2.43. The summed E-state index contributed by atoms with van der Waals surface area (Å²) in [5, 5.41) is 2.58. The number of ketones is 1. The number of carbonyl (C=O) groups is 1. The molecule has 196 valence electrons. The monoisotopic (exact) mass is 533 g/mol. The molecule has 1 aliphatic heterocycles. The molecule has 0 amide bonds. The molecule has 1 unspecified atom stereocenters. The fourth-order valence-electron chi connectivity index (χ4n) is 5.30. The zero-order chi connectivity index (χ0) is 26.8. The minimum Gasteiger partial charge on any atom is -0.494 e. The second-order valence-electron chi connectivity index (χ2n) is 9.92. The minimum atomic E-state index is -1.13. The highest BCUT2D eigenvalue weighted by molar-refractivity contribution is 7.06. The fourth-order valence-corrected chi connectivity index (χ4v) is 6.24. The quantitative estimate of drug-likeness (QED) is 0.359. The number of hydrogen-bond acceptors (Lipinski definition) is 8. The van der Waals surface area contributed by atoms with Gasteiger partial charge in [0.2, 0.25) is 0 Å². The van der Waals surface area contributed by atoms with Gasteiger partial charge < -0.3 is 20.7 Å². The molecule has 0 bridgehead atoms. The molecule has 3 aromatic rings. The Balaban J connectivity index is 1.79. The summed E-state index contributed by atoms with van der Waals surface area (Å²) in [6.45, 7) is 4.76. The van der Waals surface area contributed by atoms with Crippen molar-refractivity contribution in [2.45, 2.75) is 31.7 Å². The number of fused-ring (bicyclic) bond motifs is 2. The molecule has 1 aromatic carbocycles. The summed E-state index contributed by atoms with van der Waals surface area (Å²) < 4.78 is 53.5. The molecule has 2 aromatic heterocycles. The molecule has 2 aliphatic rings. The van der Waals surface area contributed by atoms with Crippen molar-refractivity contribution in [2.75, 3.05) is 37.5 Å². The van der Waals surface area contributed by atoms with Gasteiger partial charge in [-0.25, -0.2) is 18.2 Å². The van der Waals surface area contributed by atoms with E-state index in [4.69, 9.17) is 10.5 Å². The van der Waals surface area contributed by atoms with Gasteiger partial charge in [-0.2, -0.15) is 0 Å². The molecule has 0 spiro atoms. The Morgan fingerprint density at radius 1 is 1.22 bits per heavy atom. The molecule has 1 saturated heterocycles. The summed E-state index contributed by atoms with van der Waals surface area (Å²) in [6.07, 6.45) is 0.717. The first-order valence-corrected chi connectivity index (χ1v) is 12.5. The Labute approximate surface area is 214 Å². The lowest BCUT2D eigenvalue weighted by Gasteiger charge is -2.31. The van der Waals surface area contributed by atoms with Gasteiger partial charge in [0.15, 0.2) is 23.2 Å². The molecule has 37 heavy (non-hydrogen) atoms. The number of nitrogens with two attached hydrogens (primary N) is 1. The predicted molar refractivity (Wildman–Crippen MR) is 135 cm³/mol. The lowest BCUT2D eigenvalue weighted by atomic mass is 9.79. The van der Waals surface area contributed by atoms with Gasteiger partial charge in [-0.05, 0) is 32.3 Å². The summed E-state index contributed by atoms with van der Waals surface area (Å²) in [6, 6.07) is 1.74. The maximum absolute atomic E-state index is 15.7. The largest absolute Gasteiger partial charge is 0.494 e. The number of methoxy groups -OCH3 is 1. The zero-order valence-electron chi connectivity index (χ0n) is 20.7. The molecule has 1 fully saturated rings. The molecule has 1 aliphatic carbocycles. The number of aromatic nitrogens is 2. The van der Waals surface area contributed by atoms with Crippen LogP contribution in [0.25, 0.3) is 0 Å². The first kappa shape index (κ1) is 25.3. The van der Waals surface area contributed by atoms with Crippen LogP contribution < -0.4 is 26.2 Å². The van der Waals surface area contributed by atoms with Gasteiger partial charge in [-0.15, -0.1) is 0 Å². The van der Waals surface area contributed by atoms with Crippen LogP contribution in [0.3, 0.4) is 0 Å². The van der Waals surface area contributed by atoms with Crippen molar-refractivity contribution in [3.8, 4) is 5.75 Å². The van der Waals surface area contributed by atoms with E-state index in [1.54, 1.807) is 4.90 Å². The highest BCUT2D eigenvalue weighted by Crippen LogP contribution is 2.51. The van der Waals surface area contributed by atoms with Gasteiger partial charge in [0.05, 0.1) is 23.6 Å². The molecule has 12 heteroatoms. The van der Waals surface area contributed by atoms with E-state index in [0.29, 0.717) is 19.2 Å². The van der Waals surface area contributed by atoms with Crippen LogP contribution in [0.2, 0.25) is 0 Å². The average Bonchev–Trinajstić information content (AvgIpc) is 3.47. The van der Waals surface area contributed by atoms with Crippen molar-refractivity contribution in [3.05, 3.63) is 67.2 Å². The number of nitrogens with zero attached hydrogens (tertiary/aromatic N) is 2. The Morgan fingerprint density at radius 3 is 2.57 bits per heavy atom. The minimum absolute atomic E-state index is 0.0341. The molecule has 8 nitrogen and oxygen atoms in total. The van der Waals surface area contributed by atoms with Crippen molar-refractivity contribution < 1.29 is 22.7 Å². The number of rotatable bonds is 5. The summed E-state index contributed by atoms with van der Waals surface area (Å²) in [5.74, 6) is -4.53. The van der Waals surface area contributed by atoms with E-state index in [9.17, 15) is 14.0 Å². The lowest BCUT2D eigenvalue weighted by Crippen LogP contribution is -2.42. The van der Waals surface area contributed by atoms with Gasteiger partial charge >= 0.3 is 0 Å². The zero-order valence-corrected chi connectivity index (χ0v) is 21.5. The number of H-pyrrole nitrogens is 1. The van der Waals surface area contributed by atoms with E-state index in [1.165, 1.54) is 14.2 Å². The number of aromatic amines is 1. The third-order valence-corrected chi connectivity index (χ3v) is 8.17. The van der Waals surface area contributed by atoms with Gasteiger partial charge in [-0.1, -0.05) is 11.5 Å². The summed E-state index contributed by atoms with van der Waals surface area (Å²) in [4.78, 5) is 32.1. The van der Waals surface area contributed by atoms with Crippen LogP contribution in [0.4, 0.5) is 24.7 Å². The van der Waals surface area contributed by atoms with Crippen LogP contribution in [0.1, 0.15) is 58.2 Å². The Hall–Kier alpha value is -3.38. The SMILES string of the molecule is CNc1nc(C2c3s[nH]c(=O)c3C(=O)c3cc(F)c(N4CC[C@@H](C(C)(C)N)C4)c(OC)c32)c(F)cc1F. The number of carbonyl (C=O) groups excluding carboxylic acids is 1. The molecule has 3 heterocycles. The van der Waals surface area contributed by atoms with Crippen LogP contribution in [0.5, 0.6) is 5.75 Å². The van der Waals surface area contributed by atoms with Crippen molar-refractivity contribution in [1.82, 2.24) is 9.36 Å². The van der Waals surface area contributed by atoms with Crippen LogP contribution in [-0.4, -0.2) is 47.9 Å². The third-order valence-electron chi connectivity index (χ3n) is 7.22. The van der Waals surface area contributed by atoms with Crippen molar-refractivity contribution in [2.24, 2.45) is 11.7 Å². The van der Waals surface area contributed by atoms with Gasteiger partial charge in [-0.3, -0.25) is 14.0 Å². The first-order valence-electron chi connectivity index (χ1n) is 11.7. The van der Waals surface area contributed by atoms with Crippen LogP contribution in [-0.2, 0) is 0 Å². The van der Waals surface area contributed by atoms with Crippen LogP contribution >= 0.6 is 11.5 Å². The third kappa shape index (κ3) is 3.89. The molecule has 5 rings (SSSR count). The molecule has 0 radical (unpaired) electrons. The van der Waals surface area contributed by atoms with Gasteiger partial charge in [0, 0.05) is 42.9 Å². The highest BCUT2D eigenvalue weighted by atomic mass is 32.1. The first-order chi connectivity index (χ1) is 17.5. The maximum atomic E-state index is 15.7. The second-order valence-corrected chi connectivity index (χ2v) is 10.8. The van der Waals surface area contributed by atoms with Crippen molar-refractivity contribution in [1.29, 1.82) is 0 Å². The van der Waals surface area contributed by atoms with Crippen LogP contribution in [0, 0.1) is 23.4 Å². The summed E-state index contributed by atoms with van der Waals surface area (Å²) in [5.41, 5.74) is 4.85. The van der Waals surface area contributed by atoms with E-state index < -0.39 is 40.3 Å². The molecular weight excluding hydrogens is 507 g/mol. The lowest BCUT2D eigenvalue weighted by molar-refractivity contribution is 0.103. The molecular formula is C25H26F3N5O3S. The number of anilines is 2.